The number of carbonyl (C=O) groups excluding carboxylic acids is 2. The molecule has 2 aromatic carbocycles. The van der Waals surface area contributed by atoms with E-state index in [1.807, 2.05) is 32.0 Å². The molecule has 0 aliphatic carbocycles. The van der Waals surface area contributed by atoms with Gasteiger partial charge in [0.15, 0.2) is 11.7 Å². The smallest absolute Gasteiger partial charge is 0.249 e. The summed E-state index contributed by atoms with van der Waals surface area (Å²) in [4.78, 5) is 24.8. The van der Waals surface area contributed by atoms with Crippen LogP contribution in [0.25, 0.3) is 0 Å². The summed E-state index contributed by atoms with van der Waals surface area (Å²) >= 11 is 6.12. The maximum atomic E-state index is 12.4. The molecule has 0 aliphatic rings. The number of Topliss-reactive ketones (excluding diaryl/α,β-unsaturated/α-hetero) is 1. The highest BCUT2D eigenvalue weighted by Crippen LogP contribution is 2.22. The topological polar surface area (TPSA) is 70.0 Å². The normalized spacial score (nSPS) is 11.4. The van der Waals surface area contributed by atoms with Gasteiger partial charge in [0.1, 0.15) is 0 Å². The third-order valence-corrected chi connectivity index (χ3v) is 4.40. The molecule has 0 spiro atoms. The standard InChI is InChI=1S/C20H19ClN2O2/c1-3-14-7-9-15(10-8-14)23-20(25)17(12-22)19(24)11-16-13(2)5-4-6-18(16)21/h4-10,17H,3,11H2,1-2H3,(H,23,25). The number of ketones is 1. The lowest BCUT2D eigenvalue weighted by molar-refractivity contribution is -0.128. The van der Waals surface area contributed by atoms with Crippen LogP contribution < -0.4 is 5.32 Å². The molecular weight excluding hydrogens is 336 g/mol. The first-order chi connectivity index (χ1) is 12.0. The van der Waals surface area contributed by atoms with Crippen molar-refractivity contribution in [1.82, 2.24) is 0 Å². The molecule has 0 radical (unpaired) electrons. The molecule has 2 rings (SSSR count). The predicted octanol–water partition coefficient (Wildman–Crippen LogP) is 4.10. The highest BCUT2D eigenvalue weighted by molar-refractivity contribution is 6.31. The van der Waals surface area contributed by atoms with Gasteiger partial charge in [-0.05, 0) is 48.2 Å². The average Bonchev–Trinajstić information content (AvgIpc) is 2.59. The highest BCUT2D eigenvalue weighted by atomic mass is 35.5. The van der Waals surface area contributed by atoms with E-state index >= 15 is 0 Å². The molecule has 0 fully saturated rings. The van der Waals surface area contributed by atoms with Crippen molar-refractivity contribution in [2.24, 2.45) is 5.92 Å². The van der Waals surface area contributed by atoms with Crippen LogP contribution in [0.1, 0.15) is 23.6 Å². The number of nitriles is 1. The fourth-order valence-electron chi connectivity index (χ4n) is 2.48. The molecule has 0 aliphatic heterocycles. The third-order valence-electron chi connectivity index (χ3n) is 4.05. The summed E-state index contributed by atoms with van der Waals surface area (Å²) in [5.41, 5.74) is 3.20. The quantitative estimate of drug-likeness (QED) is 0.794. The molecule has 5 heteroatoms. The average molecular weight is 355 g/mol. The maximum absolute atomic E-state index is 12.4. The van der Waals surface area contributed by atoms with Crippen molar-refractivity contribution in [3.05, 3.63) is 64.2 Å². The van der Waals surface area contributed by atoms with Crippen molar-refractivity contribution < 1.29 is 9.59 Å². The molecule has 0 aromatic heterocycles. The van der Waals surface area contributed by atoms with Crippen LogP contribution in [-0.2, 0) is 22.4 Å². The first-order valence-electron chi connectivity index (χ1n) is 8.02. The van der Waals surface area contributed by atoms with Gasteiger partial charge in [-0.1, -0.05) is 42.8 Å². The number of amides is 1. The molecule has 2 aromatic rings. The summed E-state index contributed by atoms with van der Waals surface area (Å²) in [5.74, 6) is -2.47. The SMILES string of the molecule is CCc1ccc(NC(=O)C(C#N)C(=O)Cc2c(C)cccc2Cl)cc1. The molecule has 1 unspecified atom stereocenters. The van der Waals surface area contributed by atoms with E-state index in [0.717, 1.165) is 17.5 Å². The summed E-state index contributed by atoms with van der Waals surface area (Å²) in [6, 6.07) is 14.4. The van der Waals surface area contributed by atoms with Crippen LogP contribution in [0.5, 0.6) is 0 Å². The van der Waals surface area contributed by atoms with Gasteiger partial charge in [0.2, 0.25) is 5.91 Å². The number of nitrogens with one attached hydrogen (secondary N) is 1. The van der Waals surface area contributed by atoms with E-state index in [4.69, 9.17) is 11.6 Å². The van der Waals surface area contributed by atoms with Crippen LogP contribution in [0.15, 0.2) is 42.5 Å². The van der Waals surface area contributed by atoms with E-state index in [-0.39, 0.29) is 6.42 Å². The van der Waals surface area contributed by atoms with Crippen molar-refractivity contribution in [3.63, 3.8) is 0 Å². The first kappa shape index (κ1) is 18.7. The Balaban J connectivity index is 2.10. The largest absolute Gasteiger partial charge is 0.325 e. The van der Waals surface area contributed by atoms with Crippen LogP contribution in [0.3, 0.4) is 0 Å². The number of anilines is 1. The lowest BCUT2D eigenvalue weighted by Gasteiger charge is -2.12. The Morgan fingerprint density at radius 1 is 1.20 bits per heavy atom. The van der Waals surface area contributed by atoms with E-state index in [1.165, 1.54) is 0 Å². The molecule has 0 bridgehead atoms. The molecular formula is C20H19ClN2O2. The summed E-state index contributed by atoms with van der Waals surface area (Å²) in [6.07, 6.45) is 0.844. The van der Waals surface area contributed by atoms with E-state index in [9.17, 15) is 14.9 Å². The van der Waals surface area contributed by atoms with Crippen LogP contribution in [0.2, 0.25) is 5.02 Å². The second-order valence-electron chi connectivity index (χ2n) is 5.78. The zero-order chi connectivity index (χ0) is 18.4. The Morgan fingerprint density at radius 2 is 1.88 bits per heavy atom. The summed E-state index contributed by atoms with van der Waals surface area (Å²) < 4.78 is 0. The molecule has 1 N–H and O–H groups in total. The van der Waals surface area contributed by atoms with Crippen LogP contribution in [0, 0.1) is 24.2 Å². The molecule has 1 amide bonds. The fourth-order valence-corrected chi connectivity index (χ4v) is 2.77. The zero-order valence-electron chi connectivity index (χ0n) is 14.2. The third kappa shape index (κ3) is 4.68. The lowest BCUT2D eigenvalue weighted by atomic mass is 9.95. The summed E-state index contributed by atoms with van der Waals surface area (Å²) in [6.45, 7) is 3.87. The number of rotatable bonds is 6. The molecule has 25 heavy (non-hydrogen) atoms. The van der Waals surface area contributed by atoms with Crippen molar-refractivity contribution in [1.29, 1.82) is 5.26 Å². The van der Waals surface area contributed by atoms with Crippen molar-refractivity contribution >= 4 is 29.0 Å². The molecule has 1 atom stereocenters. The molecule has 0 saturated heterocycles. The monoisotopic (exact) mass is 354 g/mol. The van der Waals surface area contributed by atoms with Crippen LogP contribution >= 0.6 is 11.6 Å². The van der Waals surface area contributed by atoms with Gasteiger partial charge in [-0.3, -0.25) is 9.59 Å². The van der Waals surface area contributed by atoms with E-state index in [1.54, 1.807) is 30.3 Å². The maximum Gasteiger partial charge on any atom is 0.249 e. The number of carbonyl (C=O) groups is 2. The second kappa shape index (κ2) is 8.46. The minimum Gasteiger partial charge on any atom is -0.325 e. The first-order valence-corrected chi connectivity index (χ1v) is 8.40. The van der Waals surface area contributed by atoms with Crippen molar-refractivity contribution in [3.8, 4) is 6.07 Å². The van der Waals surface area contributed by atoms with Gasteiger partial charge in [0, 0.05) is 17.1 Å². The Kier molecular flexibility index (Phi) is 6.32. The molecule has 4 nitrogen and oxygen atoms in total. The minimum atomic E-state index is -1.37. The highest BCUT2D eigenvalue weighted by Gasteiger charge is 2.27. The number of aryl methyl sites for hydroxylation is 2. The Labute approximate surface area is 152 Å². The number of benzene rings is 2. The minimum absolute atomic E-state index is 0.0497. The van der Waals surface area contributed by atoms with Crippen LogP contribution in [-0.4, -0.2) is 11.7 Å². The van der Waals surface area contributed by atoms with Crippen molar-refractivity contribution in [2.75, 3.05) is 5.32 Å². The van der Waals surface area contributed by atoms with Gasteiger partial charge in [-0.2, -0.15) is 5.26 Å². The van der Waals surface area contributed by atoms with Gasteiger partial charge < -0.3 is 5.32 Å². The van der Waals surface area contributed by atoms with Gasteiger partial charge >= 0.3 is 0 Å². The zero-order valence-corrected chi connectivity index (χ0v) is 14.9. The van der Waals surface area contributed by atoms with Gasteiger partial charge in [0.05, 0.1) is 6.07 Å². The predicted molar refractivity (Wildman–Crippen MR) is 98.5 cm³/mol. The number of nitrogens with zero attached hydrogens (tertiary/aromatic N) is 1. The second-order valence-corrected chi connectivity index (χ2v) is 6.19. The number of halogens is 1. The Morgan fingerprint density at radius 3 is 2.44 bits per heavy atom. The number of hydrogen-bond acceptors (Lipinski definition) is 3. The Bertz CT molecular complexity index is 802. The Hall–Kier alpha value is -2.64. The van der Waals surface area contributed by atoms with Gasteiger partial charge in [-0.15, -0.1) is 0 Å². The van der Waals surface area contributed by atoms with Gasteiger partial charge in [-0.25, -0.2) is 0 Å². The molecule has 0 heterocycles. The van der Waals surface area contributed by atoms with E-state index in [0.29, 0.717) is 16.3 Å². The molecule has 0 saturated carbocycles. The van der Waals surface area contributed by atoms with Gasteiger partial charge in [0.25, 0.3) is 0 Å². The van der Waals surface area contributed by atoms with E-state index in [2.05, 4.69) is 5.32 Å². The lowest BCUT2D eigenvalue weighted by Crippen LogP contribution is -2.29. The molecule has 128 valence electrons. The van der Waals surface area contributed by atoms with Crippen molar-refractivity contribution in [2.45, 2.75) is 26.7 Å². The van der Waals surface area contributed by atoms with Crippen LogP contribution in [0.4, 0.5) is 5.69 Å². The van der Waals surface area contributed by atoms with E-state index < -0.39 is 17.6 Å². The summed E-state index contributed by atoms with van der Waals surface area (Å²) in [5, 5.41) is 12.4. The summed E-state index contributed by atoms with van der Waals surface area (Å²) in [7, 11) is 0. The number of hydrogen-bond donors (Lipinski definition) is 1. The fraction of sp³-hybridized carbons (Fsp3) is 0.250.